The van der Waals surface area contributed by atoms with Crippen molar-refractivity contribution in [3.8, 4) is 5.75 Å². The highest BCUT2D eigenvalue weighted by molar-refractivity contribution is 5.89. The highest BCUT2D eigenvalue weighted by atomic mass is 16.6. The Bertz CT molecular complexity index is 536. The van der Waals surface area contributed by atoms with E-state index in [1.807, 2.05) is 0 Å². The van der Waals surface area contributed by atoms with Crippen molar-refractivity contribution in [3.05, 3.63) is 42.0 Å². The molecule has 1 rings (SSSR count). The molecule has 0 bridgehead atoms. The molecule has 0 fully saturated rings. The van der Waals surface area contributed by atoms with Crippen molar-refractivity contribution >= 4 is 11.9 Å². The van der Waals surface area contributed by atoms with Crippen LogP contribution < -0.4 is 0 Å². The van der Waals surface area contributed by atoms with Crippen LogP contribution in [-0.2, 0) is 19.0 Å². The van der Waals surface area contributed by atoms with Crippen molar-refractivity contribution in [3.63, 3.8) is 0 Å². The van der Waals surface area contributed by atoms with Crippen molar-refractivity contribution in [1.29, 1.82) is 0 Å². The Kier molecular flexibility index (Phi) is 7.79. The van der Waals surface area contributed by atoms with Crippen LogP contribution >= 0.6 is 0 Å². The zero-order valence-corrected chi connectivity index (χ0v) is 12.9. The zero-order valence-electron chi connectivity index (χ0n) is 12.9. The summed E-state index contributed by atoms with van der Waals surface area (Å²) in [7, 11) is 0. The number of phenols is 1. The smallest absolute Gasteiger partial charge is 0.338 e. The van der Waals surface area contributed by atoms with Gasteiger partial charge in [-0.15, -0.1) is 0 Å². The van der Waals surface area contributed by atoms with Gasteiger partial charge in [0.05, 0.1) is 18.8 Å². The summed E-state index contributed by atoms with van der Waals surface area (Å²) >= 11 is 0. The summed E-state index contributed by atoms with van der Waals surface area (Å²) in [6, 6.07) is 5.65. The van der Waals surface area contributed by atoms with E-state index in [4.69, 9.17) is 19.3 Å². The lowest BCUT2D eigenvalue weighted by atomic mass is 10.2. The van der Waals surface area contributed by atoms with E-state index in [1.54, 1.807) is 0 Å². The van der Waals surface area contributed by atoms with Crippen LogP contribution in [-0.4, -0.2) is 54.7 Å². The summed E-state index contributed by atoms with van der Waals surface area (Å²) in [5.41, 5.74) is 0.564. The van der Waals surface area contributed by atoms with Crippen molar-refractivity contribution in [2.45, 2.75) is 13.0 Å². The predicted octanol–water partition coefficient (Wildman–Crippen LogP) is 1.05. The van der Waals surface area contributed by atoms with Gasteiger partial charge in [-0.05, 0) is 31.2 Å². The van der Waals surface area contributed by atoms with E-state index < -0.39 is 18.0 Å². The molecule has 2 N–H and O–H groups in total. The lowest BCUT2D eigenvalue weighted by molar-refractivity contribution is -0.143. The molecular weight excluding hydrogens is 304 g/mol. The fraction of sp³-hybridized carbons (Fsp3) is 0.375. The van der Waals surface area contributed by atoms with Gasteiger partial charge in [-0.25, -0.2) is 9.59 Å². The summed E-state index contributed by atoms with van der Waals surface area (Å²) in [5.74, 6) is -1.05. The van der Waals surface area contributed by atoms with E-state index in [-0.39, 0.29) is 37.8 Å². The summed E-state index contributed by atoms with van der Waals surface area (Å²) < 4.78 is 14.8. The second-order valence-corrected chi connectivity index (χ2v) is 4.79. The van der Waals surface area contributed by atoms with Gasteiger partial charge in [-0.1, -0.05) is 6.58 Å². The summed E-state index contributed by atoms with van der Waals surface area (Å²) in [6.07, 6.45) is -0.967. The van der Waals surface area contributed by atoms with Crippen molar-refractivity contribution in [1.82, 2.24) is 0 Å². The van der Waals surface area contributed by atoms with Crippen LogP contribution in [0.15, 0.2) is 36.4 Å². The fourth-order valence-electron chi connectivity index (χ4n) is 1.44. The van der Waals surface area contributed by atoms with Crippen LogP contribution in [0.5, 0.6) is 5.75 Å². The standard InChI is InChI=1S/C16H20O7/c1-11(2)15(19)23-10-14(18)9-21-7-8-22-16(20)12-3-5-13(17)6-4-12/h3-6,14,17-18H,1,7-10H2,2H3. The van der Waals surface area contributed by atoms with Crippen LogP contribution in [0.4, 0.5) is 0 Å². The second-order valence-electron chi connectivity index (χ2n) is 4.79. The number of hydrogen-bond donors (Lipinski definition) is 2. The number of carbonyl (C=O) groups excluding carboxylic acids is 2. The maximum absolute atomic E-state index is 11.6. The van der Waals surface area contributed by atoms with Crippen LogP contribution in [0, 0.1) is 0 Å². The van der Waals surface area contributed by atoms with Crippen LogP contribution in [0.1, 0.15) is 17.3 Å². The first-order chi connectivity index (χ1) is 10.9. The highest BCUT2D eigenvalue weighted by Crippen LogP contribution is 2.10. The third kappa shape index (κ3) is 7.44. The maximum Gasteiger partial charge on any atom is 0.338 e. The van der Waals surface area contributed by atoms with E-state index in [9.17, 15) is 14.7 Å². The maximum atomic E-state index is 11.6. The molecule has 1 atom stereocenters. The number of rotatable bonds is 9. The molecule has 7 nitrogen and oxygen atoms in total. The SMILES string of the molecule is C=C(C)C(=O)OCC(O)COCCOC(=O)c1ccc(O)cc1. The molecule has 0 radical (unpaired) electrons. The van der Waals surface area contributed by atoms with Gasteiger partial charge in [0.1, 0.15) is 25.1 Å². The molecule has 0 amide bonds. The number of hydrogen-bond acceptors (Lipinski definition) is 7. The number of aromatic hydroxyl groups is 1. The average molecular weight is 324 g/mol. The van der Waals surface area contributed by atoms with Gasteiger partial charge in [-0.2, -0.15) is 0 Å². The Labute approximate surface area is 134 Å². The van der Waals surface area contributed by atoms with Crippen molar-refractivity contribution < 1.29 is 34.0 Å². The summed E-state index contributed by atoms with van der Waals surface area (Å²) in [5, 5.41) is 18.6. The highest BCUT2D eigenvalue weighted by Gasteiger charge is 2.10. The number of carbonyl (C=O) groups is 2. The molecule has 0 saturated carbocycles. The minimum atomic E-state index is -0.967. The molecule has 7 heteroatoms. The lowest BCUT2D eigenvalue weighted by Crippen LogP contribution is -2.25. The normalized spacial score (nSPS) is 11.6. The van der Waals surface area contributed by atoms with Gasteiger partial charge in [-0.3, -0.25) is 0 Å². The third-order valence-corrected chi connectivity index (χ3v) is 2.63. The Morgan fingerprint density at radius 2 is 1.78 bits per heavy atom. The molecule has 0 aliphatic carbocycles. The third-order valence-electron chi connectivity index (χ3n) is 2.63. The van der Waals surface area contributed by atoms with Gasteiger partial charge in [0.15, 0.2) is 0 Å². The fourth-order valence-corrected chi connectivity index (χ4v) is 1.44. The molecule has 0 spiro atoms. The number of phenolic OH excluding ortho intramolecular Hbond substituents is 1. The van der Waals surface area contributed by atoms with Gasteiger partial charge >= 0.3 is 11.9 Å². The van der Waals surface area contributed by atoms with Gasteiger partial charge < -0.3 is 24.4 Å². The molecule has 1 aromatic rings. The van der Waals surface area contributed by atoms with Crippen LogP contribution in [0.3, 0.4) is 0 Å². The van der Waals surface area contributed by atoms with Crippen molar-refractivity contribution in [2.24, 2.45) is 0 Å². The van der Waals surface area contributed by atoms with E-state index >= 15 is 0 Å². The molecule has 1 aromatic carbocycles. The first-order valence-electron chi connectivity index (χ1n) is 6.94. The first kappa shape index (κ1) is 18.7. The number of benzene rings is 1. The minimum Gasteiger partial charge on any atom is -0.508 e. The molecule has 0 saturated heterocycles. The topological polar surface area (TPSA) is 102 Å². The summed E-state index contributed by atoms with van der Waals surface area (Å²) in [4.78, 5) is 22.7. The zero-order chi connectivity index (χ0) is 17.2. The number of esters is 2. The Morgan fingerprint density at radius 1 is 1.13 bits per heavy atom. The van der Waals surface area contributed by atoms with E-state index in [1.165, 1.54) is 31.2 Å². The largest absolute Gasteiger partial charge is 0.508 e. The Hall–Kier alpha value is -2.38. The Balaban J connectivity index is 2.13. The minimum absolute atomic E-state index is 0.0119. The first-order valence-corrected chi connectivity index (χ1v) is 6.94. The second kappa shape index (κ2) is 9.60. The number of aliphatic hydroxyl groups is 1. The molecule has 1 unspecified atom stereocenters. The van der Waals surface area contributed by atoms with Crippen LogP contribution in [0.2, 0.25) is 0 Å². The molecule has 126 valence electrons. The molecule has 23 heavy (non-hydrogen) atoms. The number of aliphatic hydroxyl groups excluding tert-OH is 1. The lowest BCUT2D eigenvalue weighted by Gasteiger charge is -2.12. The average Bonchev–Trinajstić information content (AvgIpc) is 2.52. The van der Waals surface area contributed by atoms with E-state index in [2.05, 4.69) is 6.58 Å². The molecule has 0 heterocycles. The molecular formula is C16H20O7. The quantitative estimate of drug-likeness (QED) is 0.397. The van der Waals surface area contributed by atoms with E-state index in [0.29, 0.717) is 5.56 Å². The van der Waals surface area contributed by atoms with Crippen molar-refractivity contribution in [2.75, 3.05) is 26.4 Å². The number of ether oxygens (including phenoxy) is 3. The molecule has 0 aromatic heterocycles. The predicted molar refractivity (Wildman–Crippen MR) is 81.0 cm³/mol. The monoisotopic (exact) mass is 324 g/mol. The Morgan fingerprint density at radius 3 is 2.39 bits per heavy atom. The van der Waals surface area contributed by atoms with Gasteiger partial charge in [0.2, 0.25) is 0 Å². The van der Waals surface area contributed by atoms with Gasteiger partial charge in [0, 0.05) is 5.57 Å². The molecule has 0 aliphatic heterocycles. The summed E-state index contributed by atoms with van der Waals surface area (Å²) in [6.45, 7) is 4.78. The molecule has 0 aliphatic rings. The van der Waals surface area contributed by atoms with Gasteiger partial charge in [0.25, 0.3) is 0 Å². The van der Waals surface area contributed by atoms with Crippen LogP contribution in [0.25, 0.3) is 0 Å². The van der Waals surface area contributed by atoms with E-state index in [0.717, 1.165) is 0 Å².